The molecule has 2 aromatic rings. The van der Waals surface area contributed by atoms with Gasteiger partial charge in [0.25, 0.3) is 10.0 Å². The van der Waals surface area contributed by atoms with Gasteiger partial charge in [-0.1, -0.05) is 11.6 Å². The first-order valence-electron chi connectivity index (χ1n) is 5.20. The largest absolute Gasteiger partial charge is 0.391 e. The molecule has 0 unspecified atom stereocenters. The van der Waals surface area contributed by atoms with Gasteiger partial charge in [0, 0.05) is 13.5 Å². The number of thiophene rings is 1. The molecule has 0 bridgehead atoms. The van der Waals surface area contributed by atoms with Crippen molar-refractivity contribution in [3.63, 3.8) is 0 Å². The summed E-state index contributed by atoms with van der Waals surface area (Å²) in [5.41, 5.74) is 0.457. The SMILES string of the molecule is O=S(=O)(Nc1ccc(Cl)cc1I)c1cc(CO)sc1Br. The number of aliphatic hydroxyl groups is 1. The lowest BCUT2D eigenvalue weighted by molar-refractivity contribution is 0.285. The molecule has 0 fully saturated rings. The van der Waals surface area contributed by atoms with E-state index in [4.69, 9.17) is 16.7 Å². The number of benzene rings is 1. The van der Waals surface area contributed by atoms with Crippen molar-refractivity contribution in [1.29, 1.82) is 0 Å². The van der Waals surface area contributed by atoms with E-state index in [0.717, 1.165) is 0 Å². The van der Waals surface area contributed by atoms with Gasteiger partial charge in [0.05, 0.1) is 16.1 Å². The minimum atomic E-state index is -3.71. The van der Waals surface area contributed by atoms with Crippen LogP contribution in [0, 0.1) is 3.57 Å². The molecular formula is C11H8BrClINO3S2. The quantitative estimate of drug-likeness (QED) is 0.613. The summed E-state index contributed by atoms with van der Waals surface area (Å²) in [4.78, 5) is 0.681. The summed E-state index contributed by atoms with van der Waals surface area (Å²) in [5, 5.41) is 9.60. The van der Waals surface area contributed by atoms with Gasteiger partial charge in [0.15, 0.2) is 0 Å². The third-order valence-corrected chi connectivity index (χ3v) is 7.06. The predicted molar refractivity (Wildman–Crippen MR) is 92.9 cm³/mol. The average molecular weight is 509 g/mol. The first kappa shape index (κ1) is 16.5. The standard InChI is InChI=1S/C11H8BrClINO3S2/c12-11-10(4-7(5-16)19-11)20(17,18)15-9-2-1-6(13)3-8(9)14/h1-4,15-16H,5H2. The van der Waals surface area contributed by atoms with E-state index in [-0.39, 0.29) is 11.5 Å². The predicted octanol–water partition coefficient (Wildman–Crippen LogP) is 4.06. The second-order valence-electron chi connectivity index (χ2n) is 3.74. The van der Waals surface area contributed by atoms with Crippen molar-refractivity contribution in [2.75, 3.05) is 4.72 Å². The van der Waals surface area contributed by atoms with Crippen molar-refractivity contribution in [3.05, 3.63) is 41.5 Å². The number of hydrogen-bond acceptors (Lipinski definition) is 4. The molecular weight excluding hydrogens is 501 g/mol. The van der Waals surface area contributed by atoms with Crippen LogP contribution in [0.4, 0.5) is 5.69 Å². The van der Waals surface area contributed by atoms with Crippen LogP contribution in [0.2, 0.25) is 5.02 Å². The Hall–Kier alpha value is 0.130. The first-order valence-corrected chi connectivity index (χ1v) is 9.75. The molecule has 0 atom stereocenters. The number of rotatable bonds is 4. The molecule has 1 aromatic heterocycles. The van der Waals surface area contributed by atoms with Crippen LogP contribution < -0.4 is 4.72 Å². The molecule has 1 aromatic carbocycles. The fourth-order valence-corrected chi connectivity index (χ4v) is 6.24. The van der Waals surface area contributed by atoms with Gasteiger partial charge in [0.1, 0.15) is 4.90 Å². The lowest BCUT2D eigenvalue weighted by atomic mass is 10.3. The molecule has 0 amide bonds. The van der Waals surface area contributed by atoms with Gasteiger partial charge < -0.3 is 5.11 Å². The normalized spacial score (nSPS) is 11.6. The third kappa shape index (κ3) is 3.66. The van der Waals surface area contributed by atoms with E-state index in [1.165, 1.54) is 17.4 Å². The highest BCUT2D eigenvalue weighted by atomic mass is 127. The maximum atomic E-state index is 12.3. The van der Waals surface area contributed by atoms with Crippen molar-refractivity contribution in [1.82, 2.24) is 0 Å². The van der Waals surface area contributed by atoms with E-state index >= 15 is 0 Å². The van der Waals surface area contributed by atoms with Gasteiger partial charge in [-0.2, -0.15) is 0 Å². The van der Waals surface area contributed by atoms with Gasteiger partial charge in [-0.15, -0.1) is 11.3 Å². The number of sulfonamides is 1. The molecule has 1 heterocycles. The lowest BCUT2D eigenvalue weighted by Crippen LogP contribution is -2.13. The smallest absolute Gasteiger partial charge is 0.263 e. The Kier molecular flexibility index (Phi) is 5.35. The lowest BCUT2D eigenvalue weighted by Gasteiger charge is -2.09. The number of anilines is 1. The maximum Gasteiger partial charge on any atom is 0.263 e. The molecule has 0 radical (unpaired) electrons. The molecule has 0 spiro atoms. The molecule has 0 aliphatic heterocycles. The highest BCUT2D eigenvalue weighted by Gasteiger charge is 2.21. The summed E-state index contributed by atoms with van der Waals surface area (Å²) in [6.45, 7) is -0.197. The Bertz CT molecular complexity index is 748. The Morgan fingerprint density at radius 2 is 2.10 bits per heavy atom. The van der Waals surface area contributed by atoms with Crippen LogP contribution in [-0.2, 0) is 16.6 Å². The molecule has 0 aliphatic rings. The van der Waals surface area contributed by atoms with Gasteiger partial charge in [-0.3, -0.25) is 4.72 Å². The molecule has 2 rings (SSSR count). The minimum absolute atomic E-state index is 0.109. The molecule has 9 heteroatoms. The van der Waals surface area contributed by atoms with Crippen molar-refractivity contribution < 1.29 is 13.5 Å². The average Bonchev–Trinajstić information content (AvgIpc) is 2.75. The molecule has 0 aliphatic carbocycles. The summed E-state index contributed by atoms with van der Waals surface area (Å²) >= 11 is 12.2. The van der Waals surface area contributed by atoms with Crippen LogP contribution in [0.25, 0.3) is 0 Å². The molecule has 2 N–H and O–H groups in total. The van der Waals surface area contributed by atoms with Crippen LogP contribution in [-0.4, -0.2) is 13.5 Å². The summed E-state index contributed by atoms with van der Waals surface area (Å²) in [6.07, 6.45) is 0. The maximum absolute atomic E-state index is 12.3. The fourth-order valence-electron chi connectivity index (χ4n) is 1.43. The van der Waals surface area contributed by atoms with Crippen LogP contribution in [0.5, 0.6) is 0 Å². The van der Waals surface area contributed by atoms with Crippen LogP contribution >= 0.6 is 61.5 Å². The Morgan fingerprint density at radius 3 is 2.65 bits per heavy atom. The molecule has 0 saturated heterocycles. The number of nitrogens with one attached hydrogen (secondary N) is 1. The molecule has 20 heavy (non-hydrogen) atoms. The highest BCUT2D eigenvalue weighted by Crippen LogP contribution is 2.33. The fraction of sp³-hybridized carbons (Fsp3) is 0.0909. The second kappa shape index (κ2) is 6.49. The van der Waals surface area contributed by atoms with E-state index in [9.17, 15) is 8.42 Å². The van der Waals surface area contributed by atoms with E-state index in [1.54, 1.807) is 18.2 Å². The van der Waals surface area contributed by atoms with Crippen LogP contribution in [0.1, 0.15) is 4.88 Å². The molecule has 4 nitrogen and oxygen atoms in total. The van der Waals surface area contributed by atoms with E-state index in [0.29, 0.717) is 22.9 Å². The zero-order valence-electron chi connectivity index (χ0n) is 9.73. The Morgan fingerprint density at radius 1 is 1.40 bits per heavy atom. The number of aliphatic hydroxyl groups excluding tert-OH is 1. The van der Waals surface area contributed by atoms with E-state index < -0.39 is 10.0 Å². The summed E-state index contributed by atoms with van der Waals surface area (Å²) in [6, 6.07) is 6.33. The zero-order chi connectivity index (χ0) is 14.9. The Labute approximate surface area is 147 Å². The first-order chi connectivity index (χ1) is 9.33. The van der Waals surface area contributed by atoms with Crippen molar-refractivity contribution in [2.45, 2.75) is 11.5 Å². The minimum Gasteiger partial charge on any atom is -0.391 e. The van der Waals surface area contributed by atoms with Gasteiger partial charge in [-0.25, -0.2) is 8.42 Å². The highest BCUT2D eigenvalue weighted by molar-refractivity contribution is 14.1. The van der Waals surface area contributed by atoms with Crippen molar-refractivity contribution in [2.24, 2.45) is 0 Å². The number of hydrogen-bond donors (Lipinski definition) is 2. The monoisotopic (exact) mass is 507 g/mol. The number of halogens is 3. The van der Waals surface area contributed by atoms with Gasteiger partial charge in [0.2, 0.25) is 0 Å². The molecule has 108 valence electrons. The summed E-state index contributed by atoms with van der Waals surface area (Å²) in [7, 11) is -3.71. The molecule has 0 saturated carbocycles. The summed E-state index contributed by atoms with van der Waals surface area (Å²) < 4.78 is 28.3. The van der Waals surface area contributed by atoms with Gasteiger partial charge >= 0.3 is 0 Å². The topological polar surface area (TPSA) is 66.4 Å². The zero-order valence-corrected chi connectivity index (χ0v) is 15.9. The van der Waals surface area contributed by atoms with Crippen LogP contribution in [0.15, 0.2) is 32.9 Å². The van der Waals surface area contributed by atoms with Crippen molar-refractivity contribution >= 4 is 77.2 Å². The van der Waals surface area contributed by atoms with Gasteiger partial charge in [-0.05, 0) is 62.8 Å². The van der Waals surface area contributed by atoms with E-state index in [1.807, 2.05) is 22.6 Å². The summed E-state index contributed by atoms with van der Waals surface area (Å²) in [5.74, 6) is 0. The van der Waals surface area contributed by atoms with Crippen molar-refractivity contribution in [3.8, 4) is 0 Å². The van der Waals surface area contributed by atoms with Crippen LogP contribution in [0.3, 0.4) is 0 Å². The third-order valence-electron chi connectivity index (χ3n) is 2.33. The van der Waals surface area contributed by atoms with E-state index in [2.05, 4.69) is 20.7 Å². The second-order valence-corrected chi connectivity index (χ2v) is 9.44. The Balaban J connectivity index is 2.38.